The van der Waals surface area contributed by atoms with E-state index in [9.17, 15) is 18.0 Å². The Morgan fingerprint density at radius 2 is 1.61 bits per heavy atom. The van der Waals surface area contributed by atoms with Crippen LogP contribution >= 0.6 is 0 Å². The fourth-order valence-electron chi connectivity index (χ4n) is 3.34. The first-order valence-electron chi connectivity index (χ1n) is 9.69. The lowest BCUT2D eigenvalue weighted by Crippen LogP contribution is -2.33. The van der Waals surface area contributed by atoms with E-state index in [2.05, 4.69) is 5.32 Å². The van der Waals surface area contributed by atoms with Crippen molar-refractivity contribution in [3.8, 4) is 0 Å². The van der Waals surface area contributed by atoms with Crippen LogP contribution in [0, 0.1) is 13.8 Å². The number of aryl methyl sites for hydroxylation is 2. The van der Waals surface area contributed by atoms with E-state index in [0.29, 0.717) is 16.9 Å². The van der Waals surface area contributed by atoms with Gasteiger partial charge in [0.25, 0.3) is 5.56 Å². The average molecular weight is 440 g/mol. The summed E-state index contributed by atoms with van der Waals surface area (Å²) in [5.74, 6) is -0.422. The van der Waals surface area contributed by atoms with E-state index >= 15 is 0 Å². The Morgan fingerprint density at radius 1 is 1.00 bits per heavy atom. The van der Waals surface area contributed by atoms with Crippen LogP contribution in [0.2, 0.25) is 0 Å². The van der Waals surface area contributed by atoms with Gasteiger partial charge in [-0.1, -0.05) is 18.2 Å². The Balaban J connectivity index is 1.93. The summed E-state index contributed by atoms with van der Waals surface area (Å²) < 4.78 is 27.4. The van der Waals surface area contributed by atoms with Crippen LogP contribution in [0.15, 0.2) is 75.2 Å². The number of pyridine rings is 1. The predicted molar refractivity (Wildman–Crippen MR) is 121 cm³/mol. The molecule has 1 aromatic heterocycles. The fraction of sp³-hybridized carbons (Fsp3) is 0.217. The van der Waals surface area contributed by atoms with Gasteiger partial charge in [-0.15, -0.1) is 0 Å². The van der Waals surface area contributed by atoms with Gasteiger partial charge in [0.1, 0.15) is 11.4 Å². The van der Waals surface area contributed by atoms with Gasteiger partial charge in [0.15, 0.2) is 0 Å². The molecule has 1 N–H and O–H groups in total. The van der Waals surface area contributed by atoms with Crippen LogP contribution in [0.1, 0.15) is 11.3 Å². The van der Waals surface area contributed by atoms with E-state index in [0.717, 1.165) is 5.69 Å². The summed E-state index contributed by atoms with van der Waals surface area (Å²) in [7, 11) is -0.181. The Hall–Kier alpha value is -3.39. The van der Waals surface area contributed by atoms with Gasteiger partial charge in [-0.05, 0) is 61.9 Å². The van der Waals surface area contributed by atoms with Crippen molar-refractivity contribution in [1.29, 1.82) is 0 Å². The van der Waals surface area contributed by atoms with E-state index < -0.39 is 21.3 Å². The molecule has 0 radical (unpaired) electrons. The van der Waals surface area contributed by atoms with E-state index in [4.69, 9.17) is 0 Å². The van der Waals surface area contributed by atoms with Gasteiger partial charge in [-0.25, -0.2) is 8.42 Å². The van der Waals surface area contributed by atoms with Crippen molar-refractivity contribution in [3.63, 3.8) is 0 Å². The van der Waals surface area contributed by atoms with Crippen LogP contribution in [-0.4, -0.2) is 33.0 Å². The minimum Gasteiger partial charge on any atom is -0.378 e. The summed E-state index contributed by atoms with van der Waals surface area (Å²) >= 11 is 0. The van der Waals surface area contributed by atoms with E-state index in [1.807, 2.05) is 31.1 Å². The van der Waals surface area contributed by atoms with Crippen LogP contribution < -0.4 is 15.8 Å². The number of sulfone groups is 1. The molecule has 8 heteroatoms. The number of hydrogen-bond acceptors (Lipinski definition) is 5. The van der Waals surface area contributed by atoms with Crippen LogP contribution in [0.5, 0.6) is 0 Å². The zero-order valence-corrected chi connectivity index (χ0v) is 18.7. The highest BCUT2D eigenvalue weighted by Crippen LogP contribution is 2.21. The van der Waals surface area contributed by atoms with Crippen molar-refractivity contribution < 1.29 is 13.2 Å². The van der Waals surface area contributed by atoms with Crippen molar-refractivity contribution >= 4 is 27.1 Å². The molecular formula is C23H25N3O4S. The third-order valence-corrected chi connectivity index (χ3v) is 6.87. The molecule has 0 aliphatic carbocycles. The second kappa shape index (κ2) is 8.77. The molecule has 0 aliphatic rings. The minimum absolute atomic E-state index is 0.0380. The molecule has 0 spiro atoms. The maximum absolute atomic E-state index is 13.1. The molecule has 0 saturated heterocycles. The first kappa shape index (κ1) is 22.3. The highest BCUT2D eigenvalue weighted by atomic mass is 32.2. The lowest BCUT2D eigenvalue weighted by atomic mass is 10.2. The first-order valence-corrected chi connectivity index (χ1v) is 11.2. The van der Waals surface area contributed by atoms with Crippen molar-refractivity contribution in [3.05, 3.63) is 82.3 Å². The number of hydrogen-bond donors (Lipinski definition) is 1. The van der Waals surface area contributed by atoms with Crippen LogP contribution in [0.3, 0.4) is 0 Å². The van der Waals surface area contributed by atoms with E-state index in [-0.39, 0.29) is 16.3 Å². The summed E-state index contributed by atoms with van der Waals surface area (Å²) in [6.07, 6.45) is 0. The zero-order valence-electron chi connectivity index (χ0n) is 17.9. The highest BCUT2D eigenvalue weighted by molar-refractivity contribution is 7.91. The van der Waals surface area contributed by atoms with Crippen molar-refractivity contribution in [2.75, 3.05) is 24.3 Å². The summed E-state index contributed by atoms with van der Waals surface area (Å²) in [6, 6.07) is 16.7. The maximum atomic E-state index is 13.1. The molecule has 162 valence electrons. The van der Waals surface area contributed by atoms with Gasteiger partial charge < -0.3 is 14.8 Å². The number of nitrogens with zero attached hydrogens (tertiary/aromatic N) is 2. The number of carbonyl (C=O) groups excluding carboxylic acids is 1. The molecule has 0 atom stereocenters. The second-order valence-corrected chi connectivity index (χ2v) is 9.38. The number of aromatic nitrogens is 1. The van der Waals surface area contributed by atoms with Gasteiger partial charge in [-0.2, -0.15) is 0 Å². The number of carbonyl (C=O) groups is 1. The Labute approximate surface area is 181 Å². The summed E-state index contributed by atoms with van der Waals surface area (Å²) in [5.41, 5.74) is 1.72. The van der Waals surface area contributed by atoms with Gasteiger partial charge in [0.05, 0.1) is 4.90 Å². The Bertz CT molecular complexity index is 1260. The van der Waals surface area contributed by atoms with Gasteiger partial charge >= 0.3 is 0 Å². The largest absolute Gasteiger partial charge is 0.378 e. The summed E-state index contributed by atoms with van der Waals surface area (Å²) in [4.78, 5) is 27.4. The summed E-state index contributed by atoms with van der Waals surface area (Å²) in [6.45, 7) is 2.96. The van der Waals surface area contributed by atoms with E-state index in [1.165, 1.54) is 16.7 Å². The molecule has 0 saturated carbocycles. The predicted octanol–water partition coefficient (Wildman–Crippen LogP) is 3.00. The summed E-state index contributed by atoms with van der Waals surface area (Å²) in [5, 5.41) is 2.75. The second-order valence-electron chi connectivity index (χ2n) is 7.50. The van der Waals surface area contributed by atoms with E-state index in [1.54, 1.807) is 50.2 Å². The van der Waals surface area contributed by atoms with Crippen molar-refractivity contribution in [2.45, 2.75) is 30.2 Å². The normalized spacial score (nSPS) is 11.2. The van der Waals surface area contributed by atoms with Crippen LogP contribution in [0.25, 0.3) is 0 Å². The zero-order chi connectivity index (χ0) is 22.8. The Morgan fingerprint density at radius 3 is 2.19 bits per heavy atom. The molecule has 31 heavy (non-hydrogen) atoms. The highest BCUT2D eigenvalue weighted by Gasteiger charge is 2.26. The molecule has 1 heterocycles. The molecule has 7 nitrogen and oxygen atoms in total. The third-order valence-electron chi connectivity index (χ3n) is 4.94. The molecular weight excluding hydrogens is 414 g/mol. The lowest BCUT2D eigenvalue weighted by Gasteiger charge is -2.16. The fourth-order valence-corrected chi connectivity index (χ4v) is 4.91. The molecule has 0 bridgehead atoms. The van der Waals surface area contributed by atoms with Gasteiger partial charge in [-0.3, -0.25) is 9.59 Å². The number of rotatable bonds is 6. The molecule has 3 rings (SSSR count). The SMILES string of the molecule is Cc1cc(C)n(CC(=O)Nc2ccc(N(C)C)cc2)c(=O)c1S(=O)(=O)c1ccccc1. The lowest BCUT2D eigenvalue weighted by molar-refractivity contribution is -0.116. The minimum atomic E-state index is -4.02. The quantitative estimate of drug-likeness (QED) is 0.638. The van der Waals surface area contributed by atoms with Crippen molar-refractivity contribution in [2.24, 2.45) is 0 Å². The van der Waals surface area contributed by atoms with Crippen LogP contribution in [-0.2, 0) is 21.2 Å². The number of amides is 1. The first-order chi connectivity index (χ1) is 14.6. The van der Waals surface area contributed by atoms with Crippen LogP contribution in [0.4, 0.5) is 11.4 Å². The Kier molecular flexibility index (Phi) is 6.31. The van der Waals surface area contributed by atoms with Gasteiger partial charge in [0, 0.05) is 31.2 Å². The average Bonchev–Trinajstić information content (AvgIpc) is 2.72. The molecule has 0 unspecified atom stereocenters. The third kappa shape index (κ3) is 4.69. The molecule has 3 aromatic rings. The molecule has 1 amide bonds. The number of nitrogens with one attached hydrogen (secondary N) is 1. The van der Waals surface area contributed by atoms with Gasteiger partial charge in [0.2, 0.25) is 15.7 Å². The molecule has 2 aromatic carbocycles. The standard InChI is InChI=1S/C23H25N3O4S/c1-16-14-17(2)26(15-21(27)24-18-10-12-19(13-11-18)25(3)4)23(28)22(16)31(29,30)20-8-6-5-7-9-20/h5-14H,15H2,1-4H3,(H,24,27). The van der Waals surface area contributed by atoms with Crippen molar-refractivity contribution in [1.82, 2.24) is 4.57 Å². The number of benzene rings is 2. The topological polar surface area (TPSA) is 88.5 Å². The maximum Gasteiger partial charge on any atom is 0.270 e. The monoisotopic (exact) mass is 439 g/mol. The molecule has 0 fully saturated rings. The molecule has 0 aliphatic heterocycles. The number of anilines is 2. The smallest absolute Gasteiger partial charge is 0.270 e.